The molecule has 0 radical (unpaired) electrons. The van der Waals surface area contributed by atoms with E-state index in [1.54, 1.807) is 32.0 Å². The van der Waals surface area contributed by atoms with E-state index in [2.05, 4.69) is 5.32 Å². The average molecular weight is 318 g/mol. The van der Waals surface area contributed by atoms with Crippen molar-refractivity contribution in [1.29, 1.82) is 0 Å². The number of esters is 1. The summed E-state index contributed by atoms with van der Waals surface area (Å²) in [6, 6.07) is 4.88. The van der Waals surface area contributed by atoms with Crippen molar-refractivity contribution in [3.63, 3.8) is 0 Å². The van der Waals surface area contributed by atoms with Gasteiger partial charge in [-0.3, -0.25) is 9.59 Å². The Bertz CT molecular complexity index is 503. The molecule has 0 heterocycles. The van der Waals surface area contributed by atoms with Crippen molar-refractivity contribution in [2.45, 2.75) is 26.8 Å². The molecule has 1 N–H and O–H groups in total. The van der Waals surface area contributed by atoms with Crippen molar-refractivity contribution in [3.8, 4) is 0 Å². The molecule has 1 unspecified atom stereocenters. The van der Waals surface area contributed by atoms with Gasteiger partial charge in [-0.1, -0.05) is 43.1 Å². The lowest BCUT2D eigenvalue weighted by Crippen LogP contribution is -2.31. The third kappa shape index (κ3) is 5.02. The third-order valence-electron chi connectivity index (χ3n) is 2.64. The summed E-state index contributed by atoms with van der Waals surface area (Å²) in [7, 11) is 0. The van der Waals surface area contributed by atoms with Gasteiger partial charge in [0.1, 0.15) is 0 Å². The maximum absolute atomic E-state index is 11.7. The summed E-state index contributed by atoms with van der Waals surface area (Å²) >= 11 is 11.7. The van der Waals surface area contributed by atoms with E-state index >= 15 is 0 Å². The second kappa shape index (κ2) is 7.50. The first kappa shape index (κ1) is 16.8. The molecule has 1 amide bonds. The number of nitrogens with one attached hydrogen (secondary N) is 1. The lowest BCUT2D eigenvalue weighted by molar-refractivity contribution is -0.151. The van der Waals surface area contributed by atoms with E-state index in [1.807, 2.05) is 6.92 Å². The van der Waals surface area contributed by atoms with Gasteiger partial charge < -0.3 is 10.1 Å². The number of rotatable bonds is 5. The minimum atomic E-state index is -0.401. The molecule has 6 heteroatoms. The number of carbonyl (C=O) groups is 2. The summed E-state index contributed by atoms with van der Waals surface area (Å²) < 4.78 is 4.85. The van der Waals surface area contributed by atoms with Crippen LogP contribution >= 0.6 is 23.2 Å². The zero-order chi connectivity index (χ0) is 15.3. The average Bonchev–Trinajstić information content (AvgIpc) is 2.38. The zero-order valence-electron chi connectivity index (χ0n) is 11.6. The molecule has 1 aromatic carbocycles. The van der Waals surface area contributed by atoms with Gasteiger partial charge in [-0.25, -0.2) is 0 Å². The fourth-order valence-electron chi connectivity index (χ4n) is 1.45. The number of benzene rings is 1. The second-order valence-corrected chi connectivity index (χ2v) is 5.54. The fourth-order valence-corrected chi connectivity index (χ4v) is 1.76. The molecule has 110 valence electrons. The van der Waals surface area contributed by atoms with Crippen LogP contribution in [0.25, 0.3) is 0 Å². The molecule has 0 aliphatic heterocycles. The monoisotopic (exact) mass is 317 g/mol. The molecule has 0 bridgehead atoms. The van der Waals surface area contributed by atoms with Crippen LogP contribution in [0.4, 0.5) is 0 Å². The molecule has 20 heavy (non-hydrogen) atoms. The van der Waals surface area contributed by atoms with Crippen LogP contribution in [0.5, 0.6) is 0 Å². The van der Waals surface area contributed by atoms with Crippen LogP contribution in [0.3, 0.4) is 0 Å². The van der Waals surface area contributed by atoms with Gasteiger partial charge >= 0.3 is 5.97 Å². The normalized spacial score (nSPS) is 12.1. The Balaban J connectivity index is 2.53. The number of hydrogen-bond donors (Lipinski definition) is 1. The van der Waals surface area contributed by atoms with E-state index < -0.39 is 5.97 Å². The Morgan fingerprint density at radius 3 is 2.40 bits per heavy atom. The maximum Gasteiger partial charge on any atom is 0.308 e. The van der Waals surface area contributed by atoms with E-state index in [0.29, 0.717) is 10.0 Å². The van der Waals surface area contributed by atoms with Crippen molar-refractivity contribution < 1.29 is 14.3 Å². The summed E-state index contributed by atoms with van der Waals surface area (Å²) in [5.74, 6) is -1.02. The summed E-state index contributed by atoms with van der Waals surface area (Å²) in [5.41, 5.74) is 0.822. The molecule has 0 saturated heterocycles. The Kier molecular flexibility index (Phi) is 6.30. The molecule has 0 fully saturated rings. The minimum Gasteiger partial charge on any atom is -0.455 e. The first-order valence-corrected chi connectivity index (χ1v) is 6.97. The van der Waals surface area contributed by atoms with Gasteiger partial charge in [0.25, 0.3) is 5.91 Å². The lowest BCUT2D eigenvalue weighted by Gasteiger charge is -2.15. The highest BCUT2D eigenvalue weighted by Gasteiger charge is 2.14. The molecule has 1 aromatic rings. The first-order chi connectivity index (χ1) is 9.31. The van der Waals surface area contributed by atoms with Crippen LogP contribution in [0, 0.1) is 5.92 Å². The standard InChI is InChI=1S/C14H17Cl2NO3/c1-8(2)14(19)20-7-13(18)17-9(3)10-4-5-11(15)12(16)6-10/h4-6,8-9H,7H2,1-3H3,(H,17,18). The highest BCUT2D eigenvalue weighted by atomic mass is 35.5. The van der Waals surface area contributed by atoms with Gasteiger partial charge in [-0.05, 0) is 24.6 Å². The molecule has 4 nitrogen and oxygen atoms in total. The van der Waals surface area contributed by atoms with E-state index in [-0.39, 0.29) is 24.5 Å². The molecule has 0 aromatic heterocycles. The van der Waals surface area contributed by atoms with Crippen molar-refractivity contribution in [3.05, 3.63) is 33.8 Å². The molecule has 1 atom stereocenters. The van der Waals surface area contributed by atoms with Crippen molar-refractivity contribution in [2.24, 2.45) is 5.92 Å². The number of hydrogen-bond acceptors (Lipinski definition) is 3. The summed E-state index contributed by atoms with van der Waals surface area (Å²) in [6.45, 7) is 4.93. The third-order valence-corrected chi connectivity index (χ3v) is 3.38. The van der Waals surface area contributed by atoms with Gasteiger partial charge in [0.2, 0.25) is 0 Å². The van der Waals surface area contributed by atoms with Crippen LogP contribution < -0.4 is 5.32 Å². The van der Waals surface area contributed by atoms with Crippen molar-refractivity contribution in [1.82, 2.24) is 5.32 Å². The van der Waals surface area contributed by atoms with Gasteiger partial charge in [-0.2, -0.15) is 0 Å². The predicted octanol–water partition coefficient (Wildman–Crippen LogP) is 3.37. The summed E-state index contributed by atoms with van der Waals surface area (Å²) in [4.78, 5) is 22.9. The molecule has 0 saturated carbocycles. The molecular formula is C14H17Cl2NO3. The molecule has 0 spiro atoms. The number of amides is 1. The van der Waals surface area contributed by atoms with Crippen molar-refractivity contribution in [2.75, 3.05) is 6.61 Å². The fraction of sp³-hybridized carbons (Fsp3) is 0.429. The Hall–Kier alpha value is -1.26. The zero-order valence-corrected chi connectivity index (χ0v) is 13.1. The Labute approximate surface area is 128 Å². The van der Waals surface area contributed by atoms with Crippen LogP contribution in [0.15, 0.2) is 18.2 Å². The van der Waals surface area contributed by atoms with E-state index in [4.69, 9.17) is 27.9 Å². The SMILES string of the molecule is CC(C)C(=O)OCC(=O)NC(C)c1ccc(Cl)c(Cl)c1. The van der Waals surface area contributed by atoms with Crippen LogP contribution in [-0.2, 0) is 14.3 Å². The minimum absolute atomic E-state index is 0.254. The topological polar surface area (TPSA) is 55.4 Å². The van der Waals surface area contributed by atoms with Gasteiger partial charge in [0.05, 0.1) is 22.0 Å². The van der Waals surface area contributed by atoms with E-state index in [1.165, 1.54) is 0 Å². The molecule has 0 aliphatic carbocycles. The maximum atomic E-state index is 11.7. The van der Waals surface area contributed by atoms with Crippen LogP contribution in [-0.4, -0.2) is 18.5 Å². The molecular weight excluding hydrogens is 301 g/mol. The highest BCUT2D eigenvalue weighted by molar-refractivity contribution is 6.42. The lowest BCUT2D eigenvalue weighted by atomic mass is 10.1. The van der Waals surface area contributed by atoms with Gasteiger partial charge in [-0.15, -0.1) is 0 Å². The highest BCUT2D eigenvalue weighted by Crippen LogP contribution is 2.25. The summed E-state index contributed by atoms with van der Waals surface area (Å²) in [6.07, 6.45) is 0. The summed E-state index contributed by atoms with van der Waals surface area (Å²) in [5, 5.41) is 3.60. The number of carbonyl (C=O) groups excluding carboxylic acids is 2. The van der Waals surface area contributed by atoms with Crippen molar-refractivity contribution >= 4 is 35.1 Å². The van der Waals surface area contributed by atoms with Gasteiger partial charge in [0.15, 0.2) is 6.61 Å². The largest absolute Gasteiger partial charge is 0.455 e. The number of ether oxygens (including phenoxy) is 1. The Morgan fingerprint density at radius 2 is 1.85 bits per heavy atom. The smallest absolute Gasteiger partial charge is 0.308 e. The van der Waals surface area contributed by atoms with E-state index in [0.717, 1.165) is 5.56 Å². The first-order valence-electron chi connectivity index (χ1n) is 6.22. The van der Waals surface area contributed by atoms with Crippen LogP contribution in [0.1, 0.15) is 32.4 Å². The quantitative estimate of drug-likeness (QED) is 0.847. The van der Waals surface area contributed by atoms with E-state index in [9.17, 15) is 9.59 Å². The predicted molar refractivity (Wildman–Crippen MR) is 78.8 cm³/mol. The molecule has 1 rings (SSSR count). The number of halogens is 2. The molecule has 0 aliphatic rings. The van der Waals surface area contributed by atoms with Gasteiger partial charge in [0, 0.05) is 0 Å². The second-order valence-electron chi connectivity index (χ2n) is 4.73. The Morgan fingerprint density at radius 1 is 1.20 bits per heavy atom. The van der Waals surface area contributed by atoms with Crippen LogP contribution in [0.2, 0.25) is 10.0 Å².